The van der Waals surface area contributed by atoms with Crippen molar-refractivity contribution in [1.82, 2.24) is 4.57 Å². The molecule has 18 heavy (non-hydrogen) atoms. The molecule has 0 aliphatic heterocycles. The third-order valence-electron chi connectivity index (χ3n) is 2.79. The first kappa shape index (κ1) is 13.5. The number of fused-ring (bicyclic) bond motifs is 1. The van der Waals surface area contributed by atoms with Crippen LogP contribution >= 0.6 is 22.3 Å². The number of aromatic nitrogens is 1. The zero-order valence-electron chi connectivity index (χ0n) is 9.60. The van der Waals surface area contributed by atoms with Crippen LogP contribution in [0.5, 0.6) is 0 Å². The van der Waals surface area contributed by atoms with E-state index >= 15 is 0 Å². The number of para-hydroxylation sites is 1. The van der Waals surface area contributed by atoms with Crippen LogP contribution in [0, 0.1) is 6.92 Å². The van der Waals surface area contributed by atoms with E-state index in [-0.39, 0.29) is 4.90 Å². The van der Waals surface area contributed by atoms with Crippen molar-refractivity contribution >= 4 is 42.2 Å². The summed E-state index contributed by atoms with van der Waals surface area (Å²) in [4.78, 5) is 0.169. The van der Waals surface area contributed by atoms with E-state index in [1.54, 1.807) is 25.1 Å². The summed E-state index contributed by atoms with van der Waals surface area (Å²) in [5.41, 5.74) is 2.84. The molecule has 0 aliphatic rings. The van der Waals surface area contributed by atoms with Crippen LogP contribution < -0.4 is 0 Å². The molecule has 0 N–H and O–H groups in total. The molecule has 6 heteroatoms. The van der Waals surface area contributed by atoms with Crippen LogP contribution in [0.3, 0.4) is 0 Å². The maximum atomic E-state index is 11.7. The molecule has 1 heterocycles. The van der Waals surface area contributed by atoms with Crippen molar-refractivity contribution in [3.8, 4) is 0 Å². The first-order chi connectivity index (χ1) is 8.46. The smallest absolute Gasteiger partial charge is 0.263 e. The summed E-state index contributed by atoms with van der Waals surface area (Å²) in [6.45, 7) is 2.24. The van der Waals surface area contributed by atoms with Gasteiger partial charge in [-0.15, -0.1) is 0 Å². The molecule has 0 amide bonds. The van der Waals surface area contributed by atoms with Gasteiger partial charge in [-0.3, -0.25) is 0 Å². The van der Waals surface area contributed by atoms with Crippen LogP contribution in [0.1, 0.15) is 5.69 Å². The van der Waals surface area contributed by atoms with Gasteiger partial charge in [-0.1, -0.05) is 35.9 Å². The Bertz CT molecular complexity index is 717. The Morgan fingerprint density at radius 2 is 2.00 bits per heavy atom. The zero-order valence-corrected chi connectivity index (χ0v) is 11.9. The molecule has 0 radical (unpaired) electrons. The molecule has 0 bridgehead atoms. The van der Waals surface area contributed by atoms with Crippen LogP contribution in [0.25, 0.3) is 10.9 Å². The van der Waals surface area contributed by atoms with Crippen molar-refractivity contribution in [2.75, 3.05) is 0 Å². The van der Waals surface area contributed by atoms with Gasteiger partial charge >= 0.3 is 0 Å². The minimum absolute atomic E-state index is 0.169. The second-order valence-electron chi connectivity index (χ2n) is 3.84. The lowest BCUT2D eigenvalue weighted by Crippen LogP contribution is -1.99. The Kier molecular flexibility index (Phi) is 3.71. The van der Waals surface area contributed by atoms with E-state index in [1.807, 2.05) is 16.7 Å². The van der Waals surface area contributed by atoms with Gasteiger partial charge in [0.15, 0.2) is 0 Å². The van der Waals surface area contributed by atoms with E-state index < -0.39 is 9.05 Å². The quantitative estimate of drug-likeness (QED) is 0.812. The number of hydrogen-bond donors (Lipinski definition) is 0. The third kappa shape index (κ3) is 2.28. The Labute approximate surface area is 115 Å². The summed E-state index contributed by atoms with van der Waals surface area (Å²) in [5, 5.41) is 0.632. The Morgan fingerprint density at radius 1 is 1.33 bits per heavy atom. The number of nitrogens with zero attached hydrogens (tertiary/aromatic N) is 1. The fraction of sp³-hybridized carbons (Fsp3) is 0.167. The van der Waals surface area contributed by atoms with Crippen LogP contribution in [-0.2, 0) is 15.6 Å². The minimum atomic E-state index is -3.77. The molecule has 2 aromatic rings. The second-order valence-corrected chi connectivity index (χ2v) is 6.60. The highest BCUT2D eigenvalue weighted by atomic mass is 35.7. The van der Waals surface area contributed by atoms with Crippen LogP contribution in [-0.4, -0.2) is 13.0 Å². The number of allylic oxidation sites excluding steroid dienone is 1. The molecule has 0 unspecified atom stereocenters. The number of halogens is 2. The van der Waals surface area contributed by atoms with Crippen molar-refractivity contribution in [2.45, 2.75) is 18.4 Å². The fourth-order valence-corrected chi connectivity index (χ4v) is 3.65. The third-order valence-corrected chi connectivity index (χ3v) is 4.44. The molecule has 0 atom stereocenters. The van der Waals surface area contributed by atoms with Gasteiger partial charge in [-0.25, -0.2) is 8.42 Å². The lowest BCUT2D eigenvalue weighted by molar-refractivity contribution is 0.609. The van der Waals surface area contributed by atoms with E-state index in [4.69, 9.17) is 22.3 Å². The summed E-state index contributed by atoms with van der Waals surface area (Å²) in [7, 11) is 1.74. The maximum Gasteiger partial charge on any atom is 0.263 e. The predicted molar refractivity (Wildman–Crippen MR) is 74.7 cm³/mol. The Balaban J connectivity index is 2.84. The molecule has 1 aromatic heterocycles. The van der Waals surface area contributed by atoms with Gasteiger partial charge in [0.25, 0.3) is 9.05 Å². The fourth-order valence-electron chi connectivity index (χ4n) is 2.09. The van der Waals surface area contributed by atoms with Crippen molar-refractivity contribution in [2.24, 2.45) is 0 Å². The normalized spacial score (nSPS) is 12.6. The van der Waals surface area contributed by atoms with Gasteiger partial charge in [-0.05, 0) is 13.0 Å². The topological polar surface area (TPSA) is 39.1 Å². The van der Waals surface area contributed by atoms with Gasteiger partial charge in [0.05, 0.1) is 0 Å². The van der Waals surface area contributed by atoms with Gasteiger partial charge in [0.1, 0.15) is 4.90 Å². The van der Waals surface area contributed by atoms with E-state index in [2.05, 4.69) is 0 Å². The highest BCUT2D eigenvalue weighted by Crippen LogP contribution is 2.31. The average molecular weight is 304 g/mol. The highest BCUT2D eigenvalue weighted by Gasteiger charge is 2.22. The van der Waals surface area contributed by atoms with E-state index in [9.17, 15) is 8.42 Å². The Hall–Kier alpha value is -0.970. The first-order valence-electron chi connectivity index (χ1n) is 5.24. The van der Waals surface area contributed by atoms with Gasteiger partial charge in [-0.2, -0.15) is 0 Å². The van der Waals surface area contributed by atoms with E-state index in [0.717, 1.165) is 5.52 Å². The van der Waals surface area contributed by atoms with E-state index in [0.29, 0.717) is 17.6 Å². The van der Waals surface area contributed by atoms with Crippen LogP contribution in [0.15, 0.2) is 40.8 Å². The molecule has 0 spiro atoms. The predicted octanol–water partition coefficient (Wildman–Crippen LogP) is 3.63. The number of rotatable bonds is 3. The van der Waals surface area contributed by atoms with Crippen LogP contribution in [0.4, 0.5) is 0 Å². The molecule has 3 nitrogen and oxygen atoms in total. The largest absolute Gasteiger partial charge is 0.340 e. The minimum Gasteiger partial charge on any atom is -0.340 e. The number of hydrogen-bond acceptors (Lipinski definition) is 2. The molecule has 0 fully saturated rings. The van der Waals surface area contributed by atoms with E-state index in [1.165, 1.54) is 5.54 Å². The molecule has 96 valence electrons. The standard InChI is InChI=1S/C12H11Cl2NO2S/c1-9-12(18(14,16)17)10-5-2-3-6-11(10)15(9)8-4-7-13/h2-7H,8H2,1H3/b7-4+. The summed E-state index contributed by atoms with van der Waals surface area (Å²) < 4.78 is 25.2. The molecule has 0 saturated carbocycles. The molecule has 1 aromatic carbocycles. The lowest BCUT2D eigenvalue weighted by atomic mass is 10.2. The van der Waals surface area contributed by atoms with Crippen molar-refractivity contribution in [3.63, 3.8) is 0 Å². The van der Waals surface area contributed by atoms with Gasteiger partial charge in [0, 0.05) is 39.4 Å². The molecular weight excluding hydrogens is 293 g/mol. The van der Waals surface area contributed by atoms with Gasteiger partial charge in [0.2, 0.25) is 0 Å². The SMILES string of the molecule is Cc1c(S(=O)(=O)Cl)c2ccccc2n1C/C=C/Cl. The van der Waals surface area contributed by atoms with Gasteiger partial charge < -0.3 is 4.57 Å². The average Bonchev–Trinajstić information content (AvgIpc) is 2.58. The zero-order chi connectivity index (χ0) is 13.3. The van der Waals surface area contributed by atoms with Crippen LogP contribution in [0.2, 0.25) is 0 Å². The van der Waals surface area contributed by atoms with Crippen molar-refractivity contribution in [1.29, 1.82) is 0 Å². The summed E-state index contributed by atoms with van der Waals surface area (Å²) in [6, 6.07) is 7.25. The monoisotopic (exact) mass is 303 g/mol. The number of benzene rings is 1. The lowest BCUT2D eigenvalue weighted by Gasteiger charge is -2.04. The van der Waals surface area contributed by atoms with Crippen molar-refractivity contribution in [3.05, 3.63) is 41.6 Å². The Morgan fingerprint density at radius 3 is 2.61 bits per heavy atom. The summed E-state index contributed by atoms with van der Waals surface area (Å²) >= 11 is 5.51. The molecule has 0 saturated heterocycles. The summed E-state index contributed by atoms with van der Waals surface area (Å²) in [6.07, 6.45) is 1.74. The maximum absolute atomic E-state index is 11.7. The first-order valence-corrected chi connectivity index (χ1v) is 7.99. The highest BCUT2D eigenvalue weighted by molar-refractivity contribution is 8.14. The molecule has 0 aliphatic carbocycles. The molecule has 2 rings (SSSR count). The second kappa shape index (κ2) is 4.96. The van der Waals surface area contributed by atoms with Crippen molar-refractivity contribution < 1.29 is 8.42 Å². The molecular formula is C12H11Cl2NO2S. The summed E-state index contributed by atoms with van der Waals surface area (Å²) in [5.74, 6) is 0.